The molecule has 1 heterocycles. The molecule has 0 unspecified atom stereocenters. The van der Waals surface area contributed by atoms with Crippen LogP contribution in [0.3, 0.4) is 0 Å². The molecule has 6 nitrogen and oxygen atoms in total. The standard InChI is InChI=1S/C23H18IN3O3S/c1-13-3-4-15(22-25-19-12-17(29-2)9-10-20(19)30-22)11-18(13)26-23(31)27-21(28)14-5-7-16(24)8-6-14/h3-12H,1-2H3,(H2,26,27,28,31). The minimum absolute atomic E-state index is 0.214. The van der Waals surface area contributed by atoms with E-state index in [0.29, 0.717) is 28.3 Å². The monoisotopic (exact) mass is 543 g/mol. The first-order chi connectivity index (χ1) is 14.9. The SMILES string of the molecule is COc1ccc2oc(-c3ccc(C)c(NC(=S)NC(=O)c4ccc(I)cc4)c3)nc2c1. The molecule has 0 saturated carbocycles. The highest BCUT2D eigenvalue weighted by Crippen LogP contribution is 2.29. The number of carbonyl (C=O) groups excluding carboxylic acids is 1. The number of halogens is 1. The Labute approximate surface area is 198 Å². The van der Waals surface area contributed by atoms with Gasteiger partial charge in [-0.15, -0.1) is 0 Å². The number of nitrogens with zero attached hydrogens (tertiary/aromatic N) is 1. The van der Waals surface area contributed by atoms with Crippen molar-refractivity contribution < 1.29 is 13.9 Å². The van der Waals surface area contributed by atoms with Gasteiger partial charge in [-0.3, -0.25) is 10.1 Å². The number of nitrogens with one attached hydrogen (secondary N) is 2. The number of aryl methyl sites for hydroxylation is 1. The van der Waals surface area contributed by atoms with E-state index in [1.165, 1.54) is 0 Å². The van der Waals surface area contributed by atoms with Crippen LogP contribution in [0.15, 0.2) is 65.1 Å². The van der Waals surface area contributed by atoms with Gasteiger partial charge < -0.3 is 14.5 Å². The largest absolute Gasteiger partial charge is 0.497 e. The second-order valence-corrected chi connectivity index (χ2v) is 8.45. The molecular formula is C23H18IN3O3S. The predicted molar refractivity (Wildman–Crippen MR) is 134 cm³/mol. The van der Waals surface area contributed by atoms with Crippen molar-refractivity contribution >= 4 is 62.6 Å². The van der Waals surface area contributed by atoms with Crippen molar-refractivity contribution in [3.8, 4) is 17.2 Å². The highest BCUT2D eigenvalue weighted by Gasteiger charge is 2.13. The Hall–Kier alpha value is -2.98. The molecule has 0 fully saturated rings. The number of amides is 1. The van der Waals surface area contributed by atoms with Crippen molar-refractivity contribution in [2.45, 2.75) is 6.92 Å². The Kier molecular flexibility index (Phi) is 6.19. The zero-order chi connectivity index (χ0) is 22.0. The molecule has 0 bridgehead atoms. The van der Waals surface area contributed by atoms with E-state index >= 15 is 0 Å². The summed E-state index contributed by atoms with van der Waals surface area (Å²) >= 11 is 7.53. The van der Waals surface area contributed by atoms with E-state index < -0.39 is 0 Å². The molecule has 1 amide bonds. The Morgan fingerprint density at radius 1 is 1.10 bits per heavy atom. The van der Waals surface area contributed by atoms with Gasteiger partial charge in [-0.1, -0.05) is 6.07 Å². The molecule has 0 aliphatic rings. The smallest absolute Gasteiger partial charge is 0.257 e. The highest BCUT2D eigenvalue weighted by molar-refractivity contribution is 14.1. The number of hydrogen-bond donors (Lipinski definition) is 2. The summed E-state index contributed by atoms with van der Waals surface area (Å²) in [5.41, 5.74) is 4.43. The number of methoxy groups -OCH3 is 1. The van der Waals surface area contributed by atoms with Gasteiger partial charge in [0.25, 0.3) is 5.91 Å². The number of benzene rings is 3. The molecule has 4 aromatic rings. The third-order valence-electron chi connectivity index (χ3n) is 4.66. The third kappa shape index (κ3) is 4.86. The van der Waals surface area contributed by atoms with E-state index in [-0.39, 0.29) is 11.0 Å². The number of aromatic nitrogens is 1. The van der Waals surface area contributed by atoms with Crippen LogP contribution in [0.2, 0.25) is 0 Å². The van der Waals surface area contributed by atoms with Crippen molar-refractivity contribution in [3.63, 3.8) is 0 Å². The van der Waals surface area contributed by atoms with Gasteiger partial charge in [-0.2, -0.15) is 0 Å². The summed E-state index contributed by atoms with van der Waals surface area (Å²) in [6, 6.07) is 18.5. The number of carbonyl (C=O) groups is 1. The third-order valence-corrected chi connectivity index (χ3v) is 5.58. The Balaban J connectivity index is 1.53. The maximum atomic E-state index is 12.4. The van der Waals surface area contributed by atoms with Crippen molar-refractivity contribution in [3.05, 3.63) is 75.4 Å². The Morgan fingerprint density at radius 3 is 2.61 bits per heavy atom. The van der Waals surface area contributed by atoms with Crippen LogP contribution in [0.4, 0.5) is 5.69 Å². The lowest BCUT2D eigenvalue weighted by molar-refractivity contribution is 0.0977. The maximum Gasteiger partial charge on any atom is 0.257 e. The average molecular weight is 543 g/mol. The minimum Gasteiger partial charge on any atom is -0.497 e. The zero-order valence-corrected chi connectivity index (χ0v) is 19.7. The van der Waals surface area contributed by atoms with Crippen molar-refractivity contribution in [1.29, 1.82) is 0 Å². The van der Waals surface area contributed by atoms with Crippen LogP contribution in [0.25, 0.3) is 22.6 Å². The van der Waals surface area contributed by atoms with Crippen LogP contribution in [0.5, 0.6) is 5.75 Å². The van der Waals surface area contributed by atoms with Gasteiger partial charge in [-0.05, 0) is 95.8 Å². The normalized spacial score (nSPS) is 10.7. The van der Waals surface area contributed by atoms with E-state index in [1.54, 1.807) is 19.2 Å². The minimum atomic E-state index is -0.268. The molecule has 0 aliphatic carbocycles. The van der Waals surface area contributed by atoms with Gasteiger partial charge >= 0.3 is 0 Å². The van der Waals surface area contributed by atoms with Gasteiger partial charge in [0.05, 0.1) is 7.11 Å². The molecule has 0 saturated heterocycles. The lowest BCUT2D eigenvalue weighted by Gasteiger charge is -2.12. The van der Waals surface area contributed by atoms with Crippen LogP contribution in [0.1, 0.15) is 15.9 Å². The maximum absolute atomic E-state index is 12.4. The first-order valence-corrected chi connectivity index (χ1v) is 10.8. The molecule has 1 aromatic heterocycles. The Morgan fingerprint density at radius 2 is 1.87 bits per heavy atom. The first kappa shape index (κ1) is 21.3. The van der Waals surface area contributed by atoms with Gasteiger partial charge in [0.2, 0.25) is 5.89 Å². The van der Waals surface area contributed by atoms with Crippen LogP contribution < -0.4 is 15.4 Å². The second-order valence-electron chi connectivity index (χ2n) is 6.80. The number of fused-ring (bicyclic) bond motifs is 1. The quantitative estimate of drug-likeness (QED) is 0.260. The molecular weight excluding hydrogens is 525 g/mol. The first-order valence-electron chi connectivity index (χ1n) is 9.36. The lowest BCUT2D eigenvalue weighted by atomic mass is 10.1. The second kappa shape index (κ2) is 9.03. The number of oxazole rings is 1. The average Bonchev–Trinajstić information content (AvgIpc) is 3.19. The fourth-order valence-electron chi connectivity index (χ4n) is 2.98. The molecule has 156 valence electrons. The molecule has 4 rings (SSSR count). The molecule has 3 aromatic carbocycles. The summed E-state index contributed by atoms with van der Waals surface area (Å²) in [4.78, 5) is 17.0. The molecule has 2 N–H and O–H groups in total. The summed E-state index contributed by atoms with van der Waals surface area (Å²) in [7, 11) is 1.61. The lowest BCUT2D eigenvalue weighted by Crippen LogP contribution is -2.34. The molecule has 0 spiro atoms. The summed E-state index contributed by atoms with van der Waals surface area (Å²) in [6.07, 6.45) is 0. The summed E-state index contributed by atoms with van der Waals surface area (Å²) in [6.45, 7) is 1.95. The molecule has 31 heavy (non-hydrogen) atoms. The molecule has 0 atom stereocenters. The van der Waals surface area contributed by atoms with E-state index in [1.807, 2.05) is 55.5 Å². The van der Waals surface area contributed by atoms with Crippen LogP contribution >= 0.6 is 34.8 Å². The number of rotatable bonds is 4. The summed E-state index contributed by atoms with van der Waals surface area (Å²) in [5.74, 6) is 0.934. The van der Waals surface area contributed by atoms with Crippen LogP contribution in [-0.2, 0) is 0 Å². The highest BCUT2D eigenvalue weighted by atomic mass is 127. The van der Waals surface area contributed by atoms with Crippen molar-refractivity contribution in [2.75, 3.05) is 12.4 Å². The van der Waals surface area contributed by atoms with Crippen LogP contribution in [-0.4, -0.2) is 23.1 Å². The number of anilines is 1. The van der Waals surface area contributed by atoms with E-state index in [2.05, 4.69) is 38.2 Å². The van der Waals surface area contributed by atoms with E-state index in [0.717, 1.165) is 20.4 Å². The van der Waals surface area contributed by atoms with Crippen molar-refractivity contribution in [1.82, 2.24) is 10.3 Å². The predicted octanol–water partition coefficient (Wildman–Crippen LogP) is 5.54. The Bertz CT molecular complexity index is 1290. The molecule has 0 radical (unpaired) electrons. The van der Waals surface area contributed by atoms with Gasteiger partial charge in [0.15, 0.2) is 10.7 Å². The fraction of sp³-hybridized carbons (Fsp3) is 0.0870. The van der Waals surface area contributed by atoms with Gasteiger partial charge in [0, 0.05) is 26.5 Å². The summed E-state index contributed by atoms with van der Waals surface area (Å²) < 4.78 is 12.2. The van der Waals surface area contributed by atoms with Crippen molar-refractivity contribution in [2.24, 2.45) is 0 Å². The number of ether oxygens (including phenoxy) is 1. The van der Waals surface area contributed by atoms with E-state index in [9.17, 15) is 4.79 Å². The molecule has 0 aliphatic heterocycles. The zero-order valence-electron chi connectivity index (χ0n) is 16.7. The fourth-order valence-corrected chi connectivity index (χ4v) is 3.54. The number of hydrogen-bond acceptors (Lipinski definition) is 5. The summed E-state index contributed by atoms with van der Waals surface area (Å²) in [5, 5.41) is 6.02. The van der Waals surface area contributed by atoms with Gasteiger partial charge in [-0.25, -0.2) is 4.98 Å². The van der Waals surface area contributed by atoms with E-state index in [4.69, 9.17) is 21.4 Å². The van der Waals surface area contributed by atoms with Gasteiger partial charge in [0.1, 0.15) is 11.3 Å². The molecule has 8 heteroatoms. The van der Waals surface area contributed by atoms with Crippen LogP contribution in [0, 0.1) is 10.5 Å². The topological polar surface area (TPSA) is 76.4 Å². The number of thiocarbonyl (C=S) groups is 1.